The van der Waals surface area contributed by atoms with Crippen LogP contribution in [0.4, 0.5) is 5.82 Å². The maximum atomic E-state index is 12.6. The van der Waals surface area contributed by atoms with E-state index in [1.54, 1.807) is 12.4 Å². The zero-order valence-corrected chi connectivity index (χ0v) is 16.1. The molecule has 0 atom stereocenters. The van der Waals surface area contributed by atoms with Crippen LogP contribution in [0.25, 0.3) is 0 Å². The third kappa shape index (κ3) is 4.25. The number of nitriles is 1. The zero-order chi connectivity index (χ0) is 19.4. The Kier molecular flexibility index (Phi) is 5.70. The van der Waals surface area contributed by atoms with Gasteiger partial charge in [-0.25, -0.2) is 9.97 Å². The molecule has 1 aromatic heterocycles. The summed E-state index contributed by atoms with van der Waals surface area (Å²) in [5.41, 5.74) is 4.37. The van der Waals surface area contributed by atoms with Crippen LogP contribution in [0.15, 0.2) is 24.5 Å². The van der Waals surface area contributed by atoms with Crippen molar-refractivity contribution in [2.24, 2.45) is 5.92 Å². The van der Waals surface area contributed by atoms with Crippen molar-refractivity contribution in [2.75, 3.05) is 24.5 Å². The monoisotopic (exact) mass is 363 g/mol. The van der Waals surface area contributed by atoms with E-state index in [1.165, 1.54) is 5.56 Å². The molecule has 0 bridgehead atoms. The largest absolute Gasteiger partial charge is 0.354 e. The van der Waals surface area contributed by atoms with Gasteiger partial charge in [-0.1, -0.05) is 17.7 Å². The highest BCUT2D eigenvalue weighted by Gasteiger charge is 2.23. The molecule has 1 amide bonds. The molecule has 1 N–H and O–H groups in total. The predicted molar refractivity (Wildman–Crippen MR) is 105 cm³/mol. The number of rotatable bonds is 4. The summed E-state index contributed by atoms with van der Waals surface area (Å²) in [5.74, 6) is 1.10. The minimum absolute atomic E-state index is 0.00752. The molecular formula is C21H25N5O. The van der Waals surface area contributed by atoms with Crippen LogP contribution >= 0.6 is 0 Å². The molecule has 1 aliphatic rings. The average molecular weight is 363 g/mol. The molecule has 6 nitrogen and oxygen atoms in total. The number of hydrogen-bond donors (Lipinski definition) is 1. The minimum Gasteiger partial charge on any atom is -0.354 e. The van der Waals surface area contributed by atoms with Crippen LogP contribution in [0.1, 0.15) is 45.6 Å². The third-order valence-corrected chi connectivity index (χ3v) is 5.15. The van der Waals surface area contributed by atoms with Crippen molar-refractivity contribution in [1.82, 2.24) is 15.3 Å². The molecule has 2 heterocycles. The van der Waals surface area contributed by atoms with Gasteiger partial charge in [0, 0.05) is 37.6 Å². The van der Waals surface area contributed by atoms with Crippen LogP contribution in [0.2, 0.25) is 0 Å². The molecule has 0 saturated carbocycles. The average Bonchev–Trinajstić information content (AvgIpc) is 2.66. The first-order valence-corrected chi connectivity index (χ1v) is 9.31. The fraction of sp³-hybridized carbons (Fsp3) is 0.429. The quantitative estimate of drug-likeness (QED) is 0.903. The second-order valence-electron chi connectivity index (χ2n) is 7.25. The van der Waals surface area contributed by atoms with Crippen LogP contribution in [0.3, 0.4) is 0 Å². The van der Waals surface area contributed by atoms with Crippen molar-refractivity contribution in [2.45, 2.75) is 33.6 Å². The molecule has 0 radical (unpaired) electrons. The topological polar surface area (TPSA) is 81.9 Å². The van der Waals surface area contributed by atoms with Crippen LogP contribution in [0.5, 0.6) is 0 Å². The number of nitrogens with one attached hydrogen (secondary N) is 1. The maximum absolute atomic E-state index is 12.6. The summed E-state index contributed by atoms with van der Waals surface area (Å²) in [6, 6.07) is 6.20. The van der Waals surface area contributed by atoms with Crippen molar-refractivity contribution in [3.05, 3.63) is 52.5 Å². The first-order chi connectivity index (χ1) is 13.0. The summed E-state index contributed by atoms with van der Waals surface area (Å²) in [5, 5.41) is 12.3. The molecule has 2 aromatic rings. The van der Waals surface area contributed by atoms with E-state index in [0.717, 1.165) is 42.6 Å². The van der Waals surface area contributed by atoms with Crippen molar-refractivity contribution in [1.29, 1.82) is 5.26 Å². The number of carbonyl (C=O) groups excluding carboxylic acids is 1. The Labute approximate surface area is 160 Å². The van der Waals surface area contributed by atoms with Crippen LogP contribution < -0.4 is 10.2 Å². The van der Waals surface area contributed by atoms with Crippen molar-refractivity contribution in [3.63, 3.8) is 0 Å². The number of aromatic nitrogens is 2. The number of benzene rings is 1. The Hall–Kier alpha value is -2.94. The van der Waals surface area contributed by atoms with E-state index < -0.39 is 0 Å². The van der Waals surface area contributed by atoms with Crippen molar-refractivity contribution in [3.8, 4) is 6.07 Å². The normalized spacial score (nSPS) is 14.7. The molecule has 1 saturated heterocycles. The number of amides is 1. The zero-order valence-electron chi connectivity index (χ0n) is 16.1. The SMILES string of the molecule is Cc1cc(C)c(C(=O)NCC2CCN(c3nccnc3C#N)CC2)c(C)c1. The minimum atomic E-state index is 0.00752. The Morgan fingerprint density at radius 2 is 1.81 bits per heavy atom. The number of nitrogens with zero attached hydrogens (tertiary/aromatic N) is 4. The molecule has 27 heavy (non-hydrogen) atoms. The molecule has 3 rings (SSSR count). The number of hydrogen-bond acceptors (Lipinski definition) is 5. The van der Waals surface area contributed by atoms with Crippen LogP contribution in [-0.2, 0) is 0 Å². The highest BCUT2D eigenvalue weighted by Crippen LogP contribution is 2.23. The van der Waals surface area contributed by atoms with Crippen LogP contribution in [0, 0.1) is 38.0 Å². The smallest absolute Gasteiger partial charge is 0.251 e. The first-order valence-electron chi connectivity index (χ1n) is 9.31. The summed E-state index contributed by atoms with van der Waals surface area (Å²) in [6.45, 7) is 8.32. The van der Waals surface area contributed by atoms with E-state index >= 15 is 0 Å². The fourth-order valence-corrected chi connectivity index (χ4v) is 3.85. The Bertz CT molecular complexity index is 855. The summed E-state index contributed by atoms with van der Waals surface area (Å²) < 4.78 is 0. The summed E-state index contributed by atoms with van der Waals surface area (Å²) in [6.07, 6.45) is 5.06. The second kappa shape index (κ2) is 8.17. The van der Waals surface area contributed by atoms with E-state index in [9.17, 15) is 10.1 Å². The van der Waals surface area contributed by atoms with Crippen molar-refractivity contribution < 1.29 is 4.79 Å². The lowest BCUT2D eigenvalue weighted by atomic mass is 9.95. The fourth-order valence-electron chi connectivity index (χ4n) is 3.85. The van der Waals surface area contributed by atoms with Gasteiger partial charge in [0.15, 0.2) is 11.5 Å². The van der Waals surface area contributed by atoms with Gasteiger partial charge < -0.3 is 10.2 Å². The van der Waals surface area contributed by atoms with Gasteiger partial charge in [-0.3, -0.25) is 4.79 Å². The highest BCUT2D eigenvalue weighted by atomic mass is 16.1. The first kappa shape index (κ1) is 18.8. The summed E-state index contributed by atoms with van der Waals surface area (Å²) >= 11 is 0. The molecular weight excluding hydrogens is 338 g/mol. The molecule has 140 valence electrons. The van der Waals surface area contributed by atoms with E-state index in [2.05, 4.69) is 26.3 Å². The number of anilines is 1. The van der Waals surface area contributed by atoms with E-state index in [0.29, 0.717) is 24.0 Å². The van der Waals surface area contributed by atoms with Crippen LogP contribution in [-0.4, -0.2) is 35.5 Å². The van der Waals surface area contributed by atoms with Gasteiger partial charge in [0.2, 0.25) is 0 Å². The predicted octanol–water partition coefficient (Wildman–Crippen LogP) is 2.92. The molecule has 1 fully saturated rings. The number of piperidine rings is 1. The molecule has 1 aliphatic heterocycles. The van der Waals surface area contributed by atoms with Gasteiger partial charge in [-0.05, 0) is 50.7 Å². The molecule has 0 unspecified atom stereocenters. The lowest BCUT2D eigenvalue weighted by Gasteiger charge is -2.33. The van der Waals surface area contributed by atoms with Crippen molar-refractivity contribution >= 4 is 11.7 Å². The molecule has 0 spiro atoms. The second-order valence-corrected chi connectivity index (χ2v) is 7.25. The standard InChI is InChI=1S/C21H25N5O/c1-14-10-15(2)19(16(3)11-14)21(27)25-13-17-4-8-26(9-5-17)20-18(12-22)23-6-7-24-20/h6-7,10-11,17H,4-5,8-9,13H2,1-3H3,(H,25,27). The Morgan fingerprint density at radius 1 is 1.19 bits per heavy atom. The highest BCUT2D eigenvalue weighted by molar-refractivity contribution is 5.97. The third-order valence-electron chi connectivity index (χ3n) is 5.15. The van der Waals surface area contributed by atoms with Gasteiger partial charge in [-0.2, -0.15) is 5.26 Å². The molecule has 0 aliphatic carbocycles. The maximum Gasteiger partial charge on any atom is 0.251 e. The summed E-state index contributed by atoms with van der Waals surface area (Å²) in [4.78, 5) is 23.1. The lowest BCUT2D eigenvalue weighted by Crippen LogP contribution is -2.39. The van der Waals surface area contributed by atoms with Gasteiger partial charge in [0.25, 0.3) is 5.91 Å². The lowest BCUT2D eigenvalue weighted by molar-refractivity contribution is 0.0943. The van der Waals surface area contributed by atoms with Gasteiger partial charge in [-0.15, -0.1) is 0 Å². The van der Waals surface area contributed by atoms with Gasteiger partial charge >= 0.3 is 0 Å². The molecule has 6 heteroatoms. The van der Waals surface area contributed by atoms with E-state index in [-0.39, 0.29) is 5.91 Å². The van der Waals surface area contributed by atoms with E-state index in [1.807, 2.05) is 32.9 Å². The Morgan fingerprint density at radius 3 is 2.44 bits per heavy atom. The molecule has 1 aromatic carbocycles. The summed E-state index contributed by atoms with van der Waals surface area (Å²) in [7, 11) is 0. The number of carbonyl (C=O) groups is 1. The van der Waals surface area contributed by atoms with Gasteiger partial charge in [0.1, 0.15) is 6.07 Å². The van der Waals surface area contributed by atoms with E-state index in [4.69, 9.17) is 0 Å². The van der Waals surface area contributed by atoms with Gasteiger partial charge in [0.05, 0.1) is 0 Å². The number of aryl methyl sites for hydroxylation is 3. The Balaban J connectivity index is 1.56.